The molecule has 0 unspecified atom stereocenters. The predicted octanol–water partition coefficient (Wildman–Crippen LogP) is 4.45. The van der Waals surface area contributed by atoms with Crippen molar-refractivity contribution in [2.45, 2.75) is 38.9 Å². The predicted molar refractivity (Wildman–Crippen MR) is 83.1 cm³/mol. The van der Waals surface area contributed by atoms with Gasteiger partial charge in [0, 0.05) is 0 Å². The summed E-state index contributed by atoms with van der Waals surface area (Å²) < 4.78 is 5.25. The van der Waals surface area contributed by atoms with Crippen LogP contribution >= 0.6 is 0 Å². The lowest BCUT2D eigenvalue weighted by Crippen LogP contribution is -2.28. The first-order valence-electron chi connectivity index (χ1n) is 7.07. The molecule has 1 aromatic rings. The molecule has 0 aliphatic rings. The molecule has 0 fully saturated rings. The lowest BCUT2D eigenvalue weighted by Gasteiger charge is -2.23. The second kappa shape index (κ2) is 7.95. The van der Waals surface area contributed by atoms with E-state index in [4.69, 9.17) is 4.74 Å². The number of hydrogen-bond acceptors (Lipinski definition) is 2. The lowest BCUT2D eigenvalue weighted by atomic mass is 10.2. The number of carbonyl (C=O) groups is 1. The molecule has 2 nitrogen and oxygen atoms in total. The summed E-state index contributed by atoms with van der Waals surface area (Å²) in [6.45, 7) is 7.17. The topological polar surface area (TPSA) is 26.3 Å². The first kappa shape index (κ1) is 15.7. The van der Waals surface area contributed by atoms with Crippen molar-refractivity contribution in [3.8, 4) is 0 Å². The molecule has 1 aromatic carbocycles. The normalized spacial score (nSPS) is 11.7. The third-order valence-electron chi connectivity index (χ3n) is 3.90. The molecule has 0 heterocycles. The van der Waals surface area contributed by atoms with E-state index in [-0.39, 0.29) is 5.97 Å². The van der Waals surface area contributed by atoms with Crippen LogP contribution in [0.15, 0.2) is 42.1 Å². The van der Waals surface area contributed by atoms with Gasteiger partial charge in [0.05, 0.1) is 13.6 Å². The SMILES string of the molecule is CC[Si](/C=C/COC(=O)c1ccccc1)(CC)CC. The zero-order chi connectivity index (χ0) is 14.1. The number of hydrogen-bond donors (Lipinski definition) is 0. The lowest BCUT2D eigenvalue weighted by molar-refractivity contribution is 0.0549. The summed E-state index contributed by atoms with van der Waals surface area (Å²) in [6.07, 6.45) is 2.03. The highest BCUT2D eigenvalue weighted by Crippen LogP contribution is 2.21. The summed E-state index contributed by atoms with van der Waals surface area (Å²) in [5.74, 6) is -0.248. The van der Waals surface area contributed by atoms with Crippen molar-refractivity contribution in [2.24, 2.45) is 0 Å². The van der Waals surface area contributed by atoms with Crippen LogP contribution in [0.2, 0.25) is 18.1 Å². The van der Waals surface area contributed by atoms with Crippen molar-refractivity contribution in [1.82, 2.24) is 0 Å². The fourth-order valence-corrected chi connectivity index (χ4v) is 4.99. The molecule has 0 spiro atoms. The van der Waals surface area contributed by atoms with Crippen LogP contribution in [-0.4, -0.2) is 20.7 Å². The number of esters is 1. The molecule has 3 heteroatoms. The smallest absolute Gasteiger partial charge is 0.338 e. The maximum absolute atomic E-state index is 11.7. The van der Waals surface area contributed by atoms with Crippen LogP contribution in [0.5, 0.6) is 0 Å². The summed E-state index contributed by atoms with van der Waals surface area (Å²) in [5, 5.41) is 0. The molecule has 0 bridgehead atoms. The first-order valence-corrected chi connectivity index (χ1v) is 9.77. The van der Waals surface area contributed by atoms with E-state index in [2.05, 4.69) is 26.5 Å². The van der Waals surface area contributed by atoms with Gasteiger partial charge in [-0.3, -0.25) is 0 Å². The van der Waals surface area contributed by atoms with Crippen LogP contribution in [0.25, 0.3) is 0 Å². The maximum Gasteiger partial charge on any atom is 0.338 e. The van der Waals surface area contributed by atoms with Crippen LogP contribution in [0.1, 0.15) is 31.1 Å². The average Bonchev–Trinajstić information content (AvgIpc) is 2.49. The summed E-state index contributed by atoms with van der Waals surface area (Å²) in [7, 11) is -1.24. The van der Waals surface area contributed by atoms with Crippen molar-refractivity contribution in [1.29, 1.82) is 0 Å². The van der Waals surface area contributed by atoms with Gasteiger partial charge in [0.25, 0.3) is 0 Å². The monoisotopic (exact) mass is 276 g/mol. The number of carbonyl (C=O) groups excluding carboxylic acids is 1. The van der Waals surface area contributed by atoms with Gasteiger partial charge < -0.3 is 4.74 Å². The highest BCUT2D eigenvalue weighted by molar-refractivity contribution is 6.84. The molecule has 0 aliphatic heterocycles. The van der Waals surface area contributed by atoms with Crippen LogP contribution in [-0.2, 0) is 4.74 Å². The Kier molecular flexibility index (Phi) is 6.57. The second-order valence-electron chi connectivity index (χ2n) is 4.79. The molecule has 0 N–H and O–H groups in total. The van der Waals surface area contributed by atoms with Crippen LogP contribution in [0, 0.1) is 0 Å². The molecule has 0 radical (unpaired) electrons. The fraction of sp³-hybridized carbons (Fsp3) is 0.438. The first-order chi connectivity index (χ1) is 9.17. The van der Waals surface area contributed by atoms with Gasteiger partial charge in [0.2, 0.25) is 0 Å². The average molecular weight is 276 g/mol. The van der Waals surface area contributed by atoms with E-state index in [1.54, 1.807) is 12.1 Å². The number of rotatable bonds is 7. The minimum absolute atomic E-state index is 0.248. The van der Waals surface area contributed by atoms with E-state index in [9.17, 15) is 4.79 Å². The van der Waals surface area contributed by atoms with Crippen molar-refractivity contribution in [3.05, 3.63) is 47.7 Å². The molecule has 0 aliphatic carbocycles. The Labute approximate surface area is 117 Å². The Bertz CT molecular complexity index is 400. The molecule has 0 amide bonds. The van der Waals surface area contributed by atoms with Gasteiger partial charge in [-0.1, -0.05) is 68.9 Å². The number of benzene rings is 1. The van der Waals surface area contributed by atoms with E-state index >= 15 is 0 Å². The molecule has 0 saturated carbocycles. The summed E-state index contributed by atoms with van der Waals surface area (Å²) in [6, 6.07) is 12.9. The second-order valence-corrected chi connectivity index (χ2v) is 9.97. The molecule has 1 rings (SSSR count). The Morgan fingerprint density at radius 2 is 1.68 bits per heavy atom. The molecule has 0 atom stereocenters. The zero-order valence-electron chi connectivity index (χ0n) is 12.2. The zero-order valence-corrected chi connectivity index (χ0v) is 13.2. The third-order valence-corrected chi connectivity index (χ3v) is 9.07. The van der Waals surface area contributed by atoms with Crippen molar-refractivity contribution < 1.29 is 9.53 Å². The van der Waals surface area contributed by atoms with Crippen LogP contribution in [0.4, 0.5) is 0 Å². The standard InChI is InChI=1S/C16H24O2Si/c1-4-19(5-2,6-3)14-10-13-18-16(17)15-11-8-7-9-12-15/h7-12,14H,4-6,13H2,1-3H3/b14-10+. The maximum atomic E-state index is 11.7. The summed E-state index contributed by atoms with van der Waals surface area (Å²) in [4.78, 5) is 11.7. The van der Waals surface area contributed by atoms with E-state index in [1.165, 1.54) is 18.1 Å². The van der Waals surface area contributed by atoms with Gasteiger partial charge in [-0.2, -0.15) is 0 Å². The van der Waals surface area contributed by atoms with Gasteiger partial charge in [0.15, 0.2) is 0 Å². The summed E-state index contributed by atoms with van der Waals surface area (Å²) >= 11 is 0. The van der Waals surface area contributed by atoms with Crippen molar-refractivity contribution >= 4 is 14.0 Å². The van der Waals surface area contributed by atoms with E-state index in [0.29, 0.717) is 12.2 Å². The molecule has 104 valence electrons. The van der Waals surface area contributed by atoms with Gasteiger partial charge in [0.1, 0.15) is 6.61 Å². The molecule has 0 saturated heterocycles. The molecular formula is C16H24O2Si. The Morgan fingerprint density at radius 3 is 2.21 bits per heavy atom. The van der Waals surface area contributed by atoms with E-state index < -0.39 is 8.07 Å². The van der Waals surface area contributed by atoms with Gasteiger partial charge in [-0.15, -0.1) is 0 Å². The Balaban J connectivity index is 2.48. The van der Waals surface area contributed by atoms with Gasteiger partial charge in [-0.05, 0) is 12.1 Å². The molecular weight excluding hydrogens is 252 g/mol. The van der Waals surface area contributed by atoms with E-state index in [0.717, 1.165) is 0 Å². The largest absolute Gasteiger partial charge is 0.458 e. The summed E-state index contributed by atoms with van der Waals surface area (Å²) in [5.41, 5.74) is 2.95. The molecule has 19 heavy (non-hydrogen) atoms. The third kappa shape index (κ3) is 4.67. The van der Waals surface area contributed by atoms with Crippen LogP contribution < -0.4 is 0 Å². The quantitative estimate of drug-likeness (QED) is 0.543. The van der Waals surface area contributed by atoms with Gasteiger partial charge >= 0.3 is 5.97 Å². The molecule has 0 aromatic heterocycles. The van der Waals surface area contributed by atoms with Crippen molar-refractivity contribution in [2.75, 3.05) is 6.61 Å². The highest BCUT2D eigenvalue weighted by atomic mass is 28.3. The Hall–Kier alpha value is -1.35. The van der Waals surface area contributed by atoms with Crippen LogP contribution in [0.3, 0.4) is 0 Å². The highest BCUT2D eigenvalue weighted by Gasteiger charge is 2.22. The number of ether oxygens (including phenoxy) is 1. The van der Waals surface area contributed by atoms with Crippen molar-refractivity contribution in [3.63, 3.8) is 0 Å². The van der Waals surface area contributed by atoms with E-state index in [1.807, 2.05) is 24.3 Å². The minimum Gasteiger partial charge on any atom is -0.458 e. The Morgan fingerprint density at radius 1 is 1.11 bits per heavy atom. The van der Waals surface area contributed by atoms with Gasteiger partial charge in [-0.25, -0.2) is 4.79 Å². The fourth-order valence-electron chi connectivity index (χ4n) is 2.18. The minimum atomic E-state index is -1.24.